The van der Waals surface area contributed by atoms with Crippen LogP contribution >= 0.6 is 0 Å². The molecule has 2 aromatic rings. The fourth-order valence-electron chi connectivity index (χ4n) is 6.40. The monoisotopic (exact) mass is 388 g/mol. The second-order valence-corrected chi connectivity index (χ2v) is 8.58. The number of imide groups is 1. The Labute approximate surface area is 168 Å². The first-order valence-corrected chi connectivity index (χ1v) is 10.3. The van der Waals surface area contributed by atoms with Crippen molar-refractivity contribution >= 4 is 23.4 Å². The van der Waals surface area contributed by atoms with E-state index in [1.54, 1.807) is 0 Å². The van der Waals surface area contributed by atoms with Crippen LogP contribution in [-0.2, 0) is 26.5 Å². The number of rotatable bonds is 2. The summed E-state index contributed by atoms with van der Waals surface area (Å²) in [6.45, 7) is 1.09. The fourth-order valence-corrected chi connectivity index (χ4v) is 6.40. The van der Waals surface area contributed by atoms with Gasteiger partial charge < -0.3 is 10.2 Å². The highest BCUT2D eigenvalue weighted by Crippen LogP contribution is 2.51. The van der Waals surface area contributed by atoms with Crippen molar-refractivity contribution in [3.8, 4) is 0 Å². The Hall–Kier alpha value is -2.99. The molecule has 6 nitrogen and oxygen atoms in total. The number of hydrogen-bond donors (Lipinski definition) is 2. The van der Waals surface area contributed by atoms with E-state index in [4.69, 9.17) is 0 Å². The van der Waals surface area contributed by atoms with Crippen LogP contribution < -0.4 is 10.2 Å². The minimum Gasteiger partial charge on any atom is -0.320 e. The third kappa shape index (κ3) is 1.97. The van der Waals surface area contributed by atoms with Crippen molar-refractivity contribution in [1.29, 1.82) is 0 Å². The molecule has 2 aromatic carbocycles. The van der Waals surface area contributed by atoms with Gasteiger partial charge in [-0.2, -0.15) is 0 Å². The summed E-state index contributed by atoms with van der Waals surface area (Å²) in [5, 5.41) is 3.01. The first kappa shape index (κ1) is 16.9. The third-order valence-electron chi connectivity index (χ3n) is 7.40. The van der Waals surface area contributed by atoms with Gasteiger partial charge in [0.25, 0.3) is 5.91 Å². The SMILES string of the molecule is O=C1[C@@H]2[C@@H](C(=O)N1Cc1ccccc1)[C@]1(C(=O)Nc3ccccc31)[NH+]1CCC[C@@H]21. The highest BCUT2D eigenvalue weighted by molar-refractivity contribution is 6.14. The van der Waals surface area contributed by atoms with Gasteiger partial charge in [-0.05, 0) is 11.6 Å². The topological polar surface area (TPSA) is 70.9 Å². The smallest absolute Gasteiger partial charge is 0.291 e. The van der Waals surface area contributed by atoms with Gasteiger partial charge in [0, 0.05) is 18.4 Å². The van der Waals surface area contributed by atoms with Crippen molar-refractivity contribution in [2.75, 3.05) is 11.9 Å². The van der Waals surface area contributed by atoms with E-state index in [-0.39, 0.29) is 30.3 Å². The number of quaternary nitrogens is 1. The van der Waals surface area contributed by atoms with Crippen LogP contribution in [0.4, 0.5) is 5.69 Å². The van der Waals surface area contributed by atoms with Crippen molar-refractivity contribution in [2.24, 2.45) is 11.8 Å². The van der Waals surface area contributed by atoms with E-state index in [0.717, 1.165) is 41.1 Å². The van der Waals surface area contributed by atoms with Gasteiger partial charge in [-0.15, -0.1) is 0 Å². The predicted molar refractivity (Wildman–Crippen MR) is 105 cm³/mol. The molecule has 5 atom stereocenters. The number of fused-ring (bicyclic) bond motifs is 7. The second kappa shape index (κ2) is 5.76. The van der Waals surface area contributed by atoms with E-state index in [9.17, 15) is 14.4 Å². The molecule has 4 aliphatic heterocycles. The molecule has 6 rings (SSSR count). The summed E-state index contributed by atoms with van der Waals surface area (Å²) in [6.07, 6.45) is 1.85. The molecule has 4 aliphatic rings. The van der Waals surface area contributed by atoms with Gasteiger partial charge in [0.05, 0.1) is 18.8 Å². The van der Waals surface area contributed by atoms with Crippen molar-refractivity contribution in [2.45, 2.75) is 31.0 Å². The molecule has 0 radical (unpaired) electrons. The lowest BCUT2D eigenvalue weighted by Gasteiger charge is -2.33. The summed E-state index contributed by atoms with van der Waals surface area (Å²) in [6, 6.07) is 17.3. The predicted octanol–water partition coefficient (Wildman–Crippen LogP) is 0.696. The Morgan fingerprint density at radius 1 is 1.00 bits per heavy atom. The van der Waals surface area contributed by atoms with Crippen LogP contribution in [0.25, 0.3) is 0 Å². The van der Waals surface area contributed by atoms with E-state index in [1.807, 2.05) is 54.6 Å². The number of nitrogens with one attached hydrogen (secondary N) is 2. The molecule has 1 spiro atoms. The van der Waals surface area contributed by atoms with Gasteiger partial charge in [0.2, 0.25) is 17.4 Å². The number of benzene rings is 2. The van der Waals surface area contributed by atoms with Crippen LogP contribution in [0.2, 0.25) is 0 Å². The maximum absolute atomic E-state index is 13.7. The van der Waals surface area contributed by atoms with Crippen molar-refractivity contribution in [1.82, 2.24) is 4.90 Å². The third-order valence-corrected chi connectivity index (χ3v) is 7.40. The average molecular weight is 388 g/mol. The molecule has 3 saturated heterocycles. The molecule has 0 aromatic heterocycles. The molecule has 4 heterocycles. The van der Waals surface area contributed by atoms with E-state index in [0.29, 0.717) is 0 Å². The van der Waals surface area contributed by atoms with Crippen molar-refractivity contribution in [3.63, 3.8) is 0 Å². The molecule has 146 valence electrons. The van der Waals surface area contributed by atoms with Gasteiger partial charge in [0.15, 0.2) is 0 Å². The van der Waals surface area contributed by atoms with Gasteiger partial charge in [0.1, 0.15) is 17.9 Å². The Morgan fingerprint density at radius 2 is 1.76 bits per heavy atom. The van der Waals surface area contributed by atoms with Crippen LogP contribution in [0.3, 0.4) is 0 Å². The van der Waals surface area contributed by atoms with E-state index >= 15 is 0 Å². The van der Waals surface area contributed by atoms with E-state index < -0.39 is 17.4 Å². The Bertz CT molecular complexity index is 1050. The number of likely N-dealkylation sites (tertiary alicyclic amines) is 1. The largest absolute Gasteiger partial charge is 0.320 e. The van der Waals surface area contributed by atoms with E-state index in [1.165, 1.54) is 4.90 Å². The molecule has 29 heavy (non-hydrogen) atoms. The van der Waals surface area contributed by atoms with Crippen LogP contribution in [-0.4, -0.2) is 35.2 Å². The first-order chi connectivity index (χ1) is 14.1. The number of carbonyl (C=O) groups excluding carboxylic acids is 3. The van der Waals surface area contributed by atoms with Gasteiger partial charge in [-0.25, -0.2) is 0 Å². The summed E-state index contributed by atoms with van der Waals surface area (Å²) in [7, 11) is 0. The normalized spacial score (nSPS) is 34.5. The summed E-state index contributed by atoms with van der Waals surface area (Å²) in [5.41, 5.74) is 1.59. The molecule has 0 bridgehead atoms. The van der Waals surface area contributed by atoms with Crippen LogP contribution in [0, 0.1) is 11.8 Å². The minimum atomic E-state index is -0.986. The Balaban J connectivity index is 1.49. The number of para-hydroxylation sites is 1. The maximum Gasteiger partial charge on any atom is 0.291 e. The fraction of sp³-hybridized carbons (Fsp3) is 0.348. The quantitative estimate of drug-likeness (QED) is 0.744. The van der Waals surface area contributed by atoms with Gasteiger partial charge in [-0.1, -0.05) is 48.5 Å². The zero-order valence-electron chi connectivity index (χ0n) is 15.9. The zero-order chi connectivity index (χ0) is 19.8. The molecular weight excluding hydrogens is 366 g/mol. The highest BCUT2D eigenvalue weighted by atomic mass is 16.2. The molecule has 3 amide bonds. The van der Waals surface area contributed by atoms with Crippen LogP contribution in [0.15, 0.2) is 54.6 Å². The number of nitrogens with zero attached hydrogens (tertiary/aromatic N) is 1. The Morgan fingerprint density at radius 3 is 2.59 bits per heavy atom. The number of anilines is 1. The van der Waals surface area contributed by atoms with Crippen molar-refractivity contribution in [3.05, 3.63) is 65.7 Å². The summed E-state index contributed by atoms with van der Waals surface area (Å²) in [4.78, 5) is 43.1. The van der Waals surface area contributed by atoms with Gasteiger partial charge >= 0.3 is 0 Å². The molecular formula is C23H22N3O3+. The van der Waals surface area contributed by atoms with Crippen LogP contribution in [0.5, 0.6) is 0 Å². The molecule has 0 aliphatic carbocycles. The number of amides is 3. The average Bonchev–Trinajstić information content (AvgIpc) is 3.44. The molecule has 3 fully saturated rings. The summed E-state index contributed by atoms with van der Waals surface area (Å²) < 4.78 is 0. The Kier molecular flexibility index (Phi) is 3.36. The maximum atomic E-state index is 13.7. The highest BCUT2D eigenvalue weighted by Gasteiger charge is 2.78. The first-order valence-electron chi connectivity index (χ1n) is 10.3. The summed E-state index contributed by atoms with van der Waals surface area (Å²) >= 11 is 0. The lowest BCUT2D eigenvalue weighted by Crippen LogP contribution is -3.19. The molecule has 6 heteroatoms. The second-order valence-electron chi connectivity index (χ2n) is 8.58. The molecule has 2 N–H and O–H groups in total. The lowest BCUT2D eigenvalue weighted by atomic mass is 9.75. The lowest BCUT2D eigenvalue weighted by molar-refractivity contribution is -0.948. The van der Waals surface area contributed by atoms with Gasteiger partial charge in [-0.3, -0.25) is 19.3 Å². The zero-order valence-corrected chi connectivity index (χ0v) is 15.9. The number of hydrogen-bond acceptors (Lipinski definition) is 3. The van der Waals surface area contributed by atoms with Crippen LogP contribution in [0.1, 0.15) is 24.0 Å². The molecule has 1 unspecified atom stereocenters. The summed E-state index contributed by atoms with van der Waals surface area (Å²) in [5.74, 6) is -1.47. The molecule has 0 saturated carbocycles. The minimum absolute atomic E-state index is 0.0223. The number of carbonyl (C=O) groups is 3. The standard InChI is InChI=1S/C23H21N3O3/c27-20-18-17-11-6-12-26(17)23(15-9-4-5-10-16(15)24-22(23)29)19(18)21(28)25(20)13-14-7-2-1-3-8-14/h1-5,7-10,17-19H,6,11-13H2,(H,24,29)/p+1/t17-,18-,19-,23+/m0/s1. The van der Waals surface area contributed by atoms with Crippen molar-refractivity contribution < 1.29 is 19.3 Å². The van der Waals surface area contributed by atoms with E-state index in [2.05, 4.69) is 5.32 Å².